The first-order chi connectivity index (χ1) is 15.7. The Labute approximate surface area is 195 Å². The second-order valence-corrected chi connectivity index (χ2v) is 9.73. The van der Waals surface area contributed by atoms with Crippen LogP contribution in [0.5, 0.6) is 0 Å². The number of likely N-dealkylation sites (N-methyl/N-ethyl adjacent to an activating group) is 1. The molecular formula is C23H36N6O4. The van der Waals surface area contributed by atoms with E-state index in [2.05, 4.69) is 29.5 Å². The quantitative estimate of drug-likeness (QED) is 0.474. The summed E-state index contributed by atoms with van der Waals surface area (Å²) >= 11 is 0. The molecule has 1 saturated heterocycles. The minimum Gasteiger partial charge on any atom is -0.356 e. The normalized spacial score (nSPS) is 21.4. The molecule has 2 aliphatic rings. The van der Waals surface area contributed by atoms with Gasteiger partial charge in [0, 0.05) is 39.3 Å². The van der Waals surface area contributed by atoms with Gasteiger partial charge in [0.05, 0.1) is 17.0 Å². The van der Waals surface area contributed by atoms with Crippen molar-refractivity contribution in [3.05, 3.63) is 21.7 Å². The molecule has 3 rings (SSSR count). The number of hydrogen-bond donors (Lipinski definition) is 2. The van der Waals surface area contributed by atoms with Gasteiger partial charge in [-0.25, -0.2) is 4.98 Å². The Morgan fingerprint density at radius 2 is 1.73 bits per heavy atom. The van der Waals surface area contributed by atoms with Crippen molar-refractivity contribution in [2.45, 2.75) is 58.4 Å². The maximum atomic E-state index is 13.3. The van der Waals surface area contributed by atoms with Crippen LogP contribution in [0.15, 0.2) is 6.07 Å². The average molecular weight is 461 g/mol. The third-order valence-corrected chi connectivity index (χ3v) is 6.76. The van der Waals surface area contributed by atoms with E-state index in [9.17, 15) is 19.7 Å². The van der Waals surface area contributed by atoms with E-state index in [4.69, 9.17) is 0 Å². The molecule has 0 aromatic carbocycles. The zero-order chi connectivity index (χ0) is 24.1. The molecule has 1 saturated carbocycles. The minimum absolute atomic E-state index is 0.00635. The lowest BCUT2D eigenvalue weighted by molar-refractivity contribution is -0.384. The van der Waals surface area contributed by atoms with Crippen molar-refractivity contribution in [3.63, 3.8) is 0 Å². The zero-order valence-corrected chi connectivity index (χ0v) is 20.1. The zero-order valence-electron chi connectivity index (χ0n) is 20.1. The highest BCUT2D eigenvalue weighted by Crippen LogP contribution is 2.33. The van der Waals surface area contributed by atoms with E-state index in [1.165, 1.54) is 11.0 Å². The summed E-state index contributed by atoms with van der Waals surface area (Å²) in [7, 11) is 3.23. The lowest BCUT2D eigenvalue weighted by atomic mass is 9.87. The molecule has 10 nitrogen and oxygen atoms in total. The Hall–Kier alpha value is -2.91. The number of nitro groups is 1. The van der Waals surface area contributed by atoms with E-state index in [1.54, 1.807) is 14.1 Å². The Kier molecular flexibility index (Phi) is 8.10. The number of carbonyl (C=O) groups excluding carboxylic acids is 2. The SMILES string of the molecule is CC1CCC(NC(=O)c2cc([N+](=O)[O-])c(NCC(=O)N(C)C)nc2N2CCC(C)CC2)CC1. The van der Waals surface area contributed by atoms with Gasteiger partial charge in [-0.2, -0.15) is 0 Å². The van der Waals surface area contributed by atoms with Crippen LogP contribution in [0, 0.1) is 22.0 Å². The number of anilines is 2. The molecule has 2 N–H and O–H groups in total. The Balaban J connectivity index is 1.93. The largest absolute Gasteiger partial charge is 0.356 e. The fourth-order valence-corrected chi connectivity index (χ4v) is 4.38. The predicted octanol–water partition coefficient (Wildman–Crippen LogP) is 3.03. The number of pyridine rings is 1. The van der Waals surface area contributed by atoms with Gasteiger partial charge in [0.25, 0.3) is 5.91 Å². The summed E-state index contributed by atoms with van der Waals surface area (Å²) in [6, 6.07) is 1.38. The number of hydrogen-bond acceptors (Lipinski definition) is 7. The summed E-state index contributed by atoms with van der Waals surface area (Å²) in [6.45, 7) is 5.74. The minimum atomic E-state index is -0.559. The van der Waals surface area contributed by atoms with E-state index < -0.39 is 4.92 Å². The molecule has 0 atom stereocenters. The van der Waals surface area contributed by atoms with Crippen molar-refractivity contribution in [3.8, 4) is 0 Å². The molecule has 33 heavy (non-hydrogen) atoms. The van der Waals surface area contributed by atoms with Crippen LogP contribution in [0.25, 0.3) is 0 Å². The summed E-state index contributed by atoms with van der Waals surface area (Å²) in [5, 5.41) is 17.7. The van der Waals surface area contributed by atoms with Crippen LogP contribution in [0.2, 0.25) is 0 Å². The lowest BCUT2D eigenvalue weighted by Gasteiger charge is -2.33. The smallest absolute Gasteiger partial charge is 0.312 e. The van der Waals surface area contributed by atoms with Crippen LogP contribution in [0.3, 0.4) is 0 Å². The molecule has 2 heterocycles. The number of amides is 2. The molecule has 1 aliphatic heterocycles. The number of aromatic nitrogens is 1. The third kappa shape index (κ3) is 6.33. The molecule has 0 unspecified atom stereocenters. The van der Waals surface area contributed by atoms with Crippen LogP contribution in [-0.2, 0) is 4.79 Å². The van der Waals surface area contributed by atoms with Gasteiger partial charge in [-0.3, -0.25) is 19.7 Å². The summed E-state index contributed by atoms with van der Waals surface area (Å²) in [5.41, 5.74) is -0.0857. The molecule has 1 aliphatic carbocycles. The van der Waals surface area contributed by atoms with Gasteiger partial charge in [0.1, 0.15) is 5.82 Å². The molecular weight excluding hydrogens is 424 g/mol. The summed E-state index contributed by atoms with van der Waals surface area (Å²) < 4.78 is 0. The van der Waals surface area contributed by atoms with Crippen molar-refractivity contribution in [1.29, 1.82) is 0 Å². The summed E-state index contributed by atoms with van der Waals surface area (Å²) in [6.07, 6.45) is 5.85. The summed E-state index contributed by atoms with van der Waals surface area (Å²) in [4.78, 5) is 44.5. The highest BCUT2D eigenvalue weighted by Gasteiger charge is 2.30. The van der Waals surface area contributed by atoms with Gasteiger partial charge in [-0.15, -0.1) is 0 Å². The predicted molar refractivity (Wildman–Crippen MR) is 128 cm³/mol. The molecule has 1 aromatic heterocycles. The van der Waals surface area contributed by atoms with Crippen molar-refractivity contribution < 1.29 is 14.5 Å². The average Bonchev–Trinajstić information content (AvgIpc) is 2.78. The van der Waals surface area contributed by atoms with Crippen LogP contribution in [0.4, 0.5) is 17.3 Å². The van der Waals surface area contributed by atoms with Crippen LogP contribution >= 0.6 is 0 Å². The third-order valence-electron chi connectivity index (χ3n) is 6.76. The first-order valence-electron chi connectivity index (χ1n) is 11.8. The molecule has 1 aromatic rings. The molecule has 2 fully saturated rings. The van der Waals surface area contributed by atoms with Gasteiger partial charge in [0.15, 0.2) is 0 Å². The Morgan fingerprint density at radius 3 is 2.30 bits per heavy atom. The lowest BCUT2D eigenvalue weighted by Crippen LogP contribution is -2.40. The molecule has 182 valence electrons. The molecule has 10 heteroatoms. The number of carbonyl (C=O) groups is 2. The van der Waals surface area contributed by atoms with Gasteiger partial charge >= 0.3 is 5.69 Å². The molecule has 0 spiro atoms. The number of piperidine rings is 1. The molecule has 2 amide bonds. The van der Waals surface area contributed by atoms with E-state index in [-0.39, 0.29) is 41.5 Å². The molecule has 0 bridgehead atoms. The maximum absolute atomic E-state index is 13.3. The highest BCUT2D eigenvalue weighted by molar-refractivity contribution is 6.00. The van der Waals surface area contributed by atoms with Gasteiger partial charge in [-0.05, 0) is 50.4 Å². The van der Waals surface area contributed by atoms with Gasteiger partial charge in [-0.1, -0.05) is 13.8 Å². The Bertz CT molecular complexity index is 874. The first-order valence-corrected chi connectivity index (χ1v) is 11.8. The highest BCUT2D eigenvalue weighted by atomic mass is 16.6. The van der Waals surface area contributed by atoms with E-state index in [0.29, 0.717) is 17.7 Å². The topological polar surface area (TPSA) is 121 Å². The molecule has 0 radical (unpaired) electrons. The summed E-state index contributed by atoms with van der Waals surface area (Å²) in [5.74, 6) is 1.13. The second-order valence-electron chi connectivity index (χ2n) is 9.73. The van der Waals surface area contributed by atoms with Gasteiger partial charge in [0.2, 0.25) is 11.7 Å². The fraction of sp³-hybridized carbons (Fsp3) is 0.696. The second kappa shape index (κ2) is 10.8. The monoisotopic (exact) mass is 460 g/mol. The van der Waals surface area contributed by atoms with Gasteiger partial charge < -0.3 is 20.4 Å². The van der Waals surface area contributed by atoms with Crippen LogP contribution < -0.4 is 15.5 Å². The standard InChI is InChI=1S/C23H36N6O4/c1-15-5-7-17(8-6-15)25-23(31)18-13-19(29(32)33)21(24-14-20(30)27(3)4)26-22(18)28-11-9-16(2)10-12-28/h13,15-17H,5-12,14H2,1-4H3,(H,24,26)(H,25,31). The first kappa shape index (κ1) is 24.7. The van der Waals surface area contributed by atoms with Crippen molar-refractivity contribution in [2.24, 2.45) is 11.8 Å². The van der Waals surface area contributed by atoms with Crippen LogP contribution in [0.1, 0.15) is 62.7 Å². The number of nitrogens with zero attached hydrogens (tertiary/aromatic N) is 4. The fourth-order valence-electron chi connectivity index (χ4n) is 4.38. The number of rotatable bonds is 7. The van der Waals surface area contributed by atoms with Crippen molar-refractivity contribution in [1.82, 2.24) is 15.2 Å². The van der Waals surface area contributed by atoms with E-state index >= 15 is 0 Å². The number of nitrogens with one attached hydrogen (secondary N) is 2. The van der Waals surface area contributed by atoms with E-state index in [0.717, 1.165) is 51.6 Å². The maximum Gasteiger partial charge on any atom is 0.312 e. The van der Waals surface area contributed by atoms with Crippen molar-refractivity contribution >= 4 is 29.1 Å². The van der Waals surface area contributed by atoms with Crippen molar-refractivity contribution in [2.75, 3.05) is 43.9 Å². The Morgan fingerprint density at radius 1 is 1.12 bits per heavy atom. The van der Waals surface area contributed by atoms with Crippen LogP contribution in [-0.4, -0.2) is 66.4 Å². The van der Waals surface area contributed by atoms with E-state index in [1.807, 2.05) is 4.90 Å².